The summed E-state index contributed by atoms with van der Waals surface area (Å²) in [5.41, 5.74) is 1.48. The minimum absolute atomic E-state index is 0.0417. The molecule has 1 heterocycles. The van der Waals surface area contributed by atoms with Gasteiger partial charge in [0, 0.05) is 12.6 Å². The first kappa shape index (κ1) is 13.8. The van der Waals surface area contributed by atoms with Crippen LogP contribution >= 0.6 is 0 Å². The molecular weight excluding hydrogens is 258 g/mol. The van der Waals surface area contributed by atoms with Crippen LogP contribution in [0.1, 0.15) is 71.1 Å². The molecule has 0 aromatic carbocycles. The second kappa shape index (κ2) is 5.14. The first-order chi connectivity index (χ1) is 10.3. The topological polar surface area (TPSA) is 20.3 Å². The third-order valence-electron chi connectivity index (χ3n) is 6.93. The Morgan fingerprint density at radius 1 is 1.29 bits per heavy atom. The van der Waals surface area contributed by atoms with E-state index < -0.39 is 0 Å². The molecule has 116 valence electrons. The third-order valence-corrected chi connectivity index (χ3v) is 6.93. The predicted octanol–water partition coefficient (Wildman–Crippen LogP) is 4.30. The van der Waals surface area contributed by atoms with Gasteiger partial charge in [0.25, 0.3) is 0 Å². The van der Waals surface area contributed by atoms with Gasteiger partial charge in [-0.2, -0.15) is 0 Å². The molecule has 3 fully saturated rings. The maximum Gasteiger partial charge on any atom is 0.233 e. The number of likely N-dealkylation sites (tertiary alicyclic amines) is 1. The van der Waals surface area contributed by atoms with Crippen molar-refractivity contribution in [1.29, 1.82) is 0 Å². The fourth-order valence-corrected chi connectivity index (χ4v) is 5.82. The minimum Gasteiger partial charge on any atom is -0.339 e. The molecule has 4 atom stereocenters. The Labute approximate surface area is 129 Å². The summed E-state index contributed by atoms with van der Waals surface area (Å²) in [6.07, 6.45) is 14.9. The summed E-state index contributed by atoms with van der Waals surface area (Å²) in [7, 11) is 0. The van der Waals surface area contributed by atoms with E-state index in [1.54, 1.807) is 0 Å². The minimum atomic E-state index is -0.0417. The van der Waals surface area contributed by atoms with E-state index in [1.165, 1.54) is 50.5 Å². The molecule has 0 N–H and O–H groups in total. The Hall–Kier alpha value is -0.790. The lowest BCUT2D eigenvalue weighted by Crippen LogP contribution is -2.58. The van der Waals surface area contributed by atoms with Crippen LogP contribution in [0.2, 0.25) is 0 Å². The van der Waals surface area contributed by atoms with Crippen molar-refractivity contribution in [2.75, 3.05) is 6.54 Å². The highest BCUT2D eigenvalue weighted by atomic mass is 16.2. The average Bonchev–Trinajstić information content (AvgIpc) is 2.85. The van der Waals surface area contributed by atoms with Crippen molar-refractivity contribution in [1.82, 2.24) is 4.90 Å². The van der Waals surface area contributed by atoms with Gasteiger partial charge in [0.15, 0.2) is 0 Å². The maximum absolute atomic E-state index is 13.4. The van der Waals surface area contributed by atoms with Crippen molar-refractivity contribution in [3.05, 3.63) is 11.6 Å². The van der Waals surface area contributed by atoms with Gasteiger partial charge in [-0.1, -0.05) is 31.4 Å². The molecule has 4 aliphatic rings. The van der Waals surface area contributed by atoms with Gasteiger partial charge in [0.2, 0.25) is 5.91 Å². The van der Waals surface area contributed by atoms with E-state index in [2.05, 4.69) is 17.9 Å². The summed E-state index contributed by atoms with van der Waals surface area (Å²) in [5, 5.41) is 0. The van der Waals surface area contributed by atoms with E-state index in [-0.39, 0.29) is 5.41 Å². The first-order valence-electron chi connectivity index (χ1n) is 9.28. The van der Waals surface area contributed by atoms with E-state index in [1.807, 2.05) is 0 Å². The quantitative estimate of drug-likeness (QED) is 0.693. The summed E-state index contributed by atoms with van der Waals surface area (Å²) in [6, 6.07) is 0.580. The number of amides is 1. The number of carbonyl (C=O) groups excluding carboxylic acids is 1. The second-order valence-electron chi connectivity index (χ2n) is 7.84. The van der Waals surface area contributed by atoms with Gasteiger partial charge in [0.1, 0.15) is 0 Å². The highest BCUT2D eigenvalue weighted by Gasteiger charge is 2.57. The molecular formula is C19H29NO. The molecule has 4 unspecified atom stereocenters. The van der Waals surface area contributed by atoms with Crippen LogP contribution in [0.3, 0.4) is 0 Å². The Bertz CT molecular complexity index is 466. The fraction of sp³-hybridized carbons (Fsp3) is 0.842. The Morgan fingerprint density at radius 3 is 2.95 bits per heavy atom. The number of hydrogen-bond donors (Lipinski definition) is 0. The third kappa shape index (κ3) is 1.94. The first-order valence-corrected chi connectivity index (χ1v) is 9.28. The lowest BCUT2D eigenvalue weighted by Gasteiger charge is -2.53. The molecule has 4 rings (SSSR count). The summed E-state index contributed by atoms with van der Waals surface area (Å²) < 4.78 is 0. The van der Waals surface area contributed by atoms with Gasteiger partial charge in [-0.15, -0.1) is 0 Å². The van der Waals surface area contributed by atoms with Crippen LogP contribution < -0.4 is 0 Å². The molecule has 2 saturated carbocycles. The summed E-state index contributed by atoms with van der Waals surface area (Å²) in [6.45, 7) is 3.31. The number of nitrogens with zero attached hydrogens (tertiary/aromatic N) is 1. The molecule has 0 spiro atoms. The largest absolute Gasteiger partial charge is 0.339 e. The summed E-state index contributed by atoms with van der Waals surface area (Å²) >= 11 is 0. The van der Waals surface area contributed by atoms with E-state index in [0.717, 1.165) is 31.7 Å². The normalized spacial score (nSPS) is 41.9. The van der Waals surface area contributed by atoms with Crippen molar-refractivity contribution in [3.8, 4) is 0 Å². The van der Waals surface area contributed by atoms with Crippen LogP contribution in [0.25, 0.3) is 0 Å². The van der Waals surface area contributed by atoms with E-state index >= 15 is 0 Å². The Kier molecular flexibility index (Phi) is 3.39. The van der Waals surface area contributed by atoms with Gasteiger partial charge in [-0.3, -0.25) is 4.79 Å². The van der Waals surface area contributed by atoms with Crippen molar-refractivity contribution in [3.63, 3.8) is 0 Å². The van der Waals surface area contributed by atoms with Crippen LogP contribution in [0.4, 0.5) is 0 Å². The summed E-state index contributed by atoms with van der Waals surface area (Å²) in [4.78, 5) is 15.7. The highest BCUT2D eigenvalue weighted by Crippen LogP contribution is 2.60. The van der Waals surface area contributed by atoms with Gasteiger partial charge in [-0.05, 0) is 63.2 Å². The number of allylic oxidation sites excluding steroid dienone is 1. The monoisotopic (exact) mass is 287 g/mol. The number of piperidine rings is 1. The lowest BCUT2D eigenvalue weighted by molar-refractivity contribution is -0.151. The molecule has 21 heavy (non-hydrogen) atoms. The van der Waals surface area contributed by atoms with E-state index in [4.69, 9.17) is 0 Å². The molecule has 0 bridgehead atoms. The highest BCUT2D eigenvalue weighted by molar-refractivity contribution is 5.89. The molecule has 3 aliphatic carbocycles. The zero-order valence-electron chi connectivity index (χ0n) is 13.4. The zero-order chi connectivity index (χ0) is 14.4. The number of fused-ring (bicyclic) bond motifs is 2. The molecule has 1 amide bonds. The Balaban J connectivity index is 1.56. The molecule has 0 radical (unpaired) electrons. The fourth-order valence-electron chi connectivity index (χ4n) is 5.82. The zero-order valence-corrected chi connectivity index (χ0v) is 13.4. The van der Waals surface area contributed by atoms with Gasteiger partial charge < -0.3 is 4.90 Å². The van der Waals surface area contributed by atoms with Crippen LogP contribution in [-0.4, -0.2) is 23.4 Å². The van der Waals surface area contributed by atoms with Crippen LogP contribution in [0.5, 0.6) is 0 Å². The molecule has 1 saturated heterocycles. The number of hydrogen-bond acceptors (Lipinski definition) is 1. The van der Waals surface area contributed by atoms with Crippen molar-refractivity contribution in [2.24, 2.45) is 17.3 Å². The SMILES string of the molecule is CCC1CC2(C(=O)N3CCCC4CCCCC43)CCC=C12. The molecule has 0 aromatic rings. The average molecular weight is 287 g/mol. The van der Waals surface area contributed by atoms with Crippen LogP contribution in [-0.2, 0) is 4.79 Å². The van der Waals surface area contributed by atoms with Crippen molar-refractivity contribution < 1.29 is 4.79 Å². The smallest absolute Gasteiger partial charge is 0.233 e. The van der Waals surface area contributed by atoms with E-state index in [0.29, 0.717) is 17.9 Å². The molecule has 0 aromatic heterocycles. The molecule has 2 heteroatoms. The van der Waals surface area contributed by atoms with Crippen molar-refractivity contribution >= 4 is 5.91 Å². The van der Waals surface area contributed by atoms with Gasteiger partial charge in [-0.25, -0.2) is 0 Å². The number of carbonyl (C=O) groups is 1. The molecule has 1 aliphatic heterocycles. The maximum atomic E-state index is 13.4. The van der Waals surface area contributed by atoms with Crippen LogP contribution in [0, 0.1) is 17.3 Å². The Morgan fingerprint density at radius 2 is 2.10 bits per heavy atom. The van der Waals surface area contributed by atoms with Gasteiger partial charge >= 0.3 is 0 Å². The predicted molar refractivity (Wildman–Crippen MR) is 84.8 cm³/mol. The summed E-state index contributed by atoms with van der Waals surface area (Å²) in [5.74, 6) is 2.04. The second-order valence-corrected chi connectivity index (χ2v) is 7.84. The van der Waals surface area contributed by atoms with E-state index in [9.17, 15) is 4.79 Å². The van der Waals surface area contributed by atoms with Gasteiger partial charge in [0.05, 0.1) is 5.41 Å². The number of rotatable bonds is 2. The molecule has 2 nitrogen and oxygen atoms in total. The van der Waals surface area contributed by atoms with Crippen molar-refractivity contribution in [2.45, 2.75) is 77.2 Å². The lowest BCUT2D eigenvalue weighted by atomic mass is 9.57. The van der Waals surface area contributed by atoms with Crippen LogP contribution in [0.15, 0.2) is 11.6 Å². The standard InChI is InChI=1S/C19H29NO/c1-2-14-13-19(11-5-9-16(14)19)18(21)20-12-6-8-15-7-3-4-10-17(15)20/h9,14-15,17H,2-8,10-13H2,1H3.